The summed E-state index contributed by atoms with van der Waals surface area (Å²) in [6.07, 6.45) is 11.1. The maximum absolute atomic E-state index is 4.50. The topological polar surface area (TPSA) is 58.9 Å². The van der Waals surface area contributed by atoms with Gasteiger partial charge in [0.1, 0.15) is 0 Å². The summed E-state index contributed by atoms with van der Waals surface area (Å²) in [4.78, 5) is 11.3. The first-order chi connectivity index (χ1) is 12.9. The fourth-order valence-corrected chi connectivity index (χ4v) is 3.22. The molecule has 0 spiro atoms. The van der Waals surface area contributed by atoms with E-state index in [2.05, 4.69) is 49.5 Å². The zero-order chi connectivity index (χ0) is 17.6. The van der Waals surface area contributed by atoms with Gasteiger partial charge in [-0.15, -0.1) is 0 Å². The van der Waals surface area contributed by atoms with Crippen LogP contribution < -0.4 is 10.2 Å². The lowest BCUT2D eigenvalue weighted by molar-refractivity contribution is 0.682. The molecule has 1 fully saturated rings. The summed E-state index contributed by atoms with van der Waals surface area (Å²) < 4.78 is 1.87. The fraction of sp³-hybridized carbons (Fsp3) is 0.350. The van der Waals surface area contributed by atoms with E-state index in [-0.39, 0.29) is 0 Å². The van der Waals surface area contributed by atoms with Crippen LogP contribution in [0.3, 0.4) is 0 Å². The first-order valence-corrected chi connectivity index (χ1v) is 9.24. The van der Waals surface area contributed by atoms with Crippen LogP contribution in [0, 0.1) is 0 Å². The Balaban J connectivity index is 1.22. The second kappa shape index (κ2) is 8.10. The highest BCUT2D eigenvalue weighted by molar-refractivity contribution is 5.34. The standard InChI is InChI=1S/C20H24N6/c1-2-12-25(11-1)20-22-15-18(16-23-20)14-21-10-8-17-4-6-19(7-5-17)26-13-3-9-24-26/h3-7,9,13,15-16,21H,1-2,8,10-12,14H2. The van der Waals surface area contributed by atoms with E-state index in [0.29, 0.717) is 0 Å². The molecule has 0 aliphatic carbocycles. The number of nitrogens with zero attached hydrogens (tertiary/aromatic N) is 5. The molecule has 134 valence electrons. The normalized spacial score (nSPS) is 14.1. The maximum atomic E-state index is 4.50. The molecule has 6 nitrogen and oxygen atoms in total. The average Bonchev–Trinajstić information content (AvgIpc) is 3.40. The minimum atomic E-state index is 0.797. The van der Waals surface area contributed by atoms with Gasteiger partial charge in [0.05, 0.1) is 5.69 Å². The molecule has 0 atom stereocenters. The van der Waals surface area contributed by atoms with Crippen LogP contribution in [-0.4, -0.2) is 39.4 Å². The van der Waals surface area contributed by atoms with Crippen LogP contribution in [0.25, 0.3) is 5.69 Å². The number of nitrogens with one attached hydrogen (secondary N) is 1. The van der Waals surface area contributed by atoms with E-state index in [1.54, 1.807) is 6.20 Å². The van der Waals surface area contributed by atoms with Crippen molar-refractivity contribution in [3.05, 3.63) is 66.2 Å². The first-order valence-electron chi connectivity index (χ1n) is 9.24. The third-order valence-electron chi connectivity index (χ3n) is 4.71. The molecule has 1 aliphatic rings. The van der Waals surface area contributed by atoms with Crippen molar-refractivity contribution in [2.24, 2.45) is 0 Å². The van der Waals surface area contributed by atoms with Crippen molar-refractivity contribution in [1.29, 1.82) is 0 Å². The van der Waals surface area contributed by atoms with E-state index in [1.165, 1.54) is 18.4 Å². The molecule has 2 aromatic heterocycles. The Kier molecular flexibility index (Phi) is 5.21. The molecule has 1 aromatic carbocycles. The summed E-state index contributed by atoms with van der Waals surface area (Å²) in [5.41, 5.74) is 3.53. The second-order valence-corrected chi connectivity index (χ2v) is 6.63. The van der Waals surface area contributed by atoms with Crippen molar-refractivity contribution < 1.29 is 0 Å². The van der Waals surface area contributed by atoms with Crippen LogP contribution in [0.5, 0.6) is 0 Å². The molecule has 6 heteroatoms. The van der Waals surface area contributed by atoms with Crippen LogP contribution in [0.1, 0.15) is 24.0 Å². The summed E-state index contributed by atoms with van der Waals surface area (Å²) in [6, 6.07) is 10.5. The maximum Gasteiger partial charge on any atom is 0.225 e. The Labute approximate surface area is 153 Å². The van der Waals surface area contributed by atoms with Gasteiger partial charge in [-0.05, 0) is 49.6 Å². The molecule has 3 heterocycles. The van der Waals surface area contributed by atoms with Crippen LogP contribution in [0.15, 0.2) is 55.1 Å². The van der Waals surface area contributed by atoms with Crippen molar-refractivity contribution in [3.8, 4) is 5.69 Å². The number of hydrogen-bond acceptors (Lipinski definition) is 5. The number of aromatic nitrogens is 4. The first kappa shape index (κ1) is 16.7. The fourth-order valence-electron chi connectivity index (χ4n) is 3.22. The lowest BCUT2D eigenvalue weighted by Crippen LogP contribution is -2.21. The highest BCUT2D eigenvalue weighted by atomic mass is 15.3. The summed E-state index contributed by atoms with van der Waals surface area (Å²) >= 11 is 0. The quantitative estimate of drug-likeness (QED) is 0.665. The molecule has 4 rings (SSSR count). The van der Waals surface area contributed by atoms with Gasteiger partial charge < -0.3 is 10.2 Å². The van der Waals surface area contributed by atoms with E-state index in [9.17, 15) is 0 Å². The minimum absolute atomic E-state index is 0.797. The predicted octanol–water partition coefficient (Wildman–Crippen LogP) is 2.59. The van der Waals surface area contributed by atoms with Crippen LogP contribution in [-0.2, 0) is 13.0 Å². The molecule has 1 aliphatic heterocycles. The van der Waals surface area contributed by atoms with Crippen LogP contribution >= 0.6 is 0 Å². The van der Waals surface area contributed by atoms with E-state index < -0.39 is 0 Å². The lowest BCUT2D eigenvalue weighted by atomic mass is 10.1. The third-order valence-corrected chi connectivity index (χ3v) is 4.71. The Morgan fingerprint density at radius 2 is 1.73 bits per heavy atom. The SMILES string of the molecule is c1cnn(-c2ccc(CCNCc3cnc(N4CCCC4)nc3)cc2)c1. The van der Waals surface area contributed by atoms with Gasteiger partial charge in [-0.25, -0.2) is 14.6 Å². The lowest BCUT2D eigenvalue weighted by Gasteiger charge is -2.14. The smallest absolute Gasteiger partial charge is 0.225 e. The minimum Gasteiger partial charge on any atom is -0.341 e. The van der Waals surface area contributed by atoms with Crippen molar-refractivity contribution >= 4 is 5.95 Å². The Morgan fingerprint density at radius 3 is 2.42 bits per heavy atom. The van der Waals surface area contributed by atoms with Crippen LogP contribution in [0.2, 0.25) is 0 Å². The molecule has 26 heavy (non-hydrogen) atoms. The monoisotopic (exact) mass is 348 g/mol. The largest absolute Gasteiger partial charge is 0.341 e. The number of rotatable bonds is 7. The van der Waals surface area contributed by atoms with Gasteiger partial charge in [-0.2, -0.15) is 5.10 Å². The van der Waals surface area contributed by atoms with Gasteiger partial charge in [0, 0.05) is 50.0 Å². The summed E-state index contributed by atoms with van der Waals surface area (Å²) in [5, 5.41) is 7.72. The van der Waals surface area contributed by atoms with Crippen LogP contribution in [0.4, 0.5) is 5.95 Å². The van der Waals surface area contributed by atoms with E-state index in [1.807, 2.05) is 29.3 Å². The molecular weight excluding hydrogens is 324 g/mol. The molecule has 0 unspecified atom stereocenters. The highest BCUT2D eigenvalue weighted by Crippen LogP contribution is 2.14. The van der Waals surface area contributed by atoms with E-state index in [4.69, 9.17) is 0 Å². The molecule has 3 aromatic rings. The molecule has 1 saturated heterocycles. The second-order valence-electron chi connectivity index (χ2n) is 6.63. The van der Waals surface area contributed by atoms with Gasteiger partial charge in [0.25, 0.3) is 0 Å². The Morgan fingerprint density at radius 1 is 0.962 bits per heavy atom. The van der Waals surface area contributed by atoms with Gasteiger partial charge in [0.2, 0.25) is 5.95 Å². The van der Waals surface area contributed by atoms with Crippen molar-refractivity contribution in [2.75, 3.05) is 24.5 Å². The number of anilines is 1. The predicted molar refractivity (Wildman–Crippen MR) is 102 cm³/mol. The van der Waals surface area contributed by atoms with E-state index in [0.717, 1.165) is 49.8 Å². The average molecular weight is 348 g/mol. The Bertz CT molecular complexity index is 789. The molecule has 0 amide bonds. The zero-order valence-corrected chi connectivity index (χ0v) is 14.9. The Hall–Kier alpha value is -2.73. The summed E-state index contributed by atoms with van der Waals surface area (Å²) in [5.74, 6) is 0.864. The molecule has 0 saturated carbocycles. The van der Waals surface area contributed by atoms with Crippen molar-refractivity contribution in [1.82, 2.24) is 25.1 Å². The van der Waals surface area contributed by atoms with Crippen molar-refractivity contribution in [2.45, 2.75) is 25.8 Å². The third kappa shape index (κ3) is 4.08. The molecule has 0 bridgehead atoms. The molecule has 1 N–H and O–H groups in total. The van der Waals surface area contributed by atoms with Gasteiger partial charge in [-0.1, -0.05) is 12.1 Å². The molecular formula is C20H24N6. The van der Waals surface area contributed by atoms with E-state index >= 15 is 0 Å². The summed E-state index contributed by atoms with van der Waals surface area (Å²) in [7, 11) is 0. The highest BCUT2D eigenvalue weighted by Gasteiger charge is 2.14. The molecule has 0 radical (unpaired) electrons. The number of benzene rings is 1. The van der Waals surface area contributed by atoms with Gasteiger partial charge >= 0.3 is 0 Å². The summed E-state index contributed by atoms with van der Waals surface area (Å²) in [6.45, 7) is 3.88. The van der Waals surface area contributed by atoms with Gasteiger partial charge in [0.15, 0.2) is 0 Å². The number of hydrogen-bond donors (Lipinski definition) is 1. The van der Waals surface area contributed by atoms with Gasteiger partial charge in [-0.3, -0.25) is 0 Å². The van der Waals surface area contributed by atoms with Crippen molar-refractivity contribution in [3.63, 3.8) is 0 Å². The zero-order valence-electron chi connectivity index (χ0n) is 14.9.